The summed E-state index contributed by atoms with van der Waals surface area (Å²) in [6.07, 6.45) is 2.10. The minimum atomic E-state index is -0.291. The summed E-state index contributed by atoms with van der Waals surface area (Å²) in [5, 5.41) is 13.7. The van der Waals surface area contributed by atoms with Crippen LogP contribution in [0.25, 0.3) is 11.3 Å². The summed E-state index contributed by atoms with van der Waals surface area (Å²) in [6.45, 7) is 4.83. The molecular weight excluding hydrogens is 280 g/mol. The van der Waals surface area contributed by atoms with Gasteiger partial charge in [0.2, 0.25) is 0 Å². The van der Waals surface area contributed by atoms with Crippen molar-refractivity contribution in [2.45, 2.75) is 39.8 Å². The molecule has 5 heteroatoms. The van der Waals surface area contributed by atoms with E-state index < -0.39 is 0 Å². The van der Waals surface area contributed by atoms with Crippen LogP contribution in [-0.2, 0) is 13.2 Å². The van der Waals surface area contributed by atoms with Crippen molar-refractivity contribution in [1.82, 2.24) is 9.78 Å². The van der Waals surface area contributed by atoms with E-state index in [1.54, 1.807) is 6.07 Å². The topological polar surface area (TPSA) is 64.3 Å². The average molecular weight is 302 g/mol. The minimum Gasteiger partial charge on any atom is -0.494 e. The van der Waals surface area contributed by atoms with Gasteiger partial charge >= 0.3 is 0 Å². The number of aromatic nitrogens is 2. The first-order chi connectivity index (χ1) is 10.7. The lowest BCUT2D eigenvalue weighted by Crippen LogP contribution is -2.26. The van der Waals surface area contributed by atoms with Crippen molar-refractivity contribution in [2.75, 3.05) is 6.61 Å². The molecule has 1 heterocycles. The Morgan fingerprint density at radius 2 is 2.09 bits per heavy atom. The van der Waals surface area contributed by atoms with Crippen molar-refractivity contribution in [3.8, 4) is 17.0 Å². The molecule has 0 spiro atoms. The highest BCUT2D eigenvalue weighted by atomic mass is 16.5. The van der Waals surface area contributed by atoms with Gasteiger partial charge in [-0.1, -0.05) is 25.5 Å². The van der Waals surface area contributed by atoms with Gasteiger partial charge in [-0.25, -0.2) is 4.68 Å². The summed E-state index contributed by atoms with van der Waals surface area (Å²) in [7, 11) is 0. The van der Waals surface area contributed by atoms with Crippen LogP contribution in [0.4, 0.5) is 0 Å². The number of unbranched alkanes of at least 4 members (excludes halogenated alkanes) is 1. The lowest BCUT2D eigenvalue weighted by Gasteiger charge is -2.10. The van der Waals surface area contributed by atoms with Crippen LogP contribution in [0.2, 0.25) is 0 Å². The standard InChI is InChI=1S/C17H22N2O3/c1-3-5-9-22-15-8-6-7-13(10-15)16-11-14(12-20)17(21)19(4-2)18-16/h6-8,10-11,20H,3-5,9,12H2,1-2H3. The fraction of sp³-hybridized carbons (Fsp3) is 0.412. The van der Waals surface area contributed by atoms with E-state index >= 15 is 0 Å². The summed E-state index contributed by atoms with van der Waals surface area (Å²) in [4.78, 5) is 12.0. The van der Waals surface area contributed by atoms with Gasteiger partial charge in [0.25, 0.3) is 5.56 Å². The van der Waals surface area contributed by atoms with Gasteiger partial charge < -0.3 is 9.84 Å². The van der Waals surface area contributed by atoms with E-state index in [1.807, 2.05) is 31.2 Å². The Bertz CT molecular complexity index is 652. The molecule has 0 fully saturated rings. The number of hydrogen-bond donors (Lipinski definition) is 1. The third-order valence-electron chi connectivity index (χ3n) is 3.41. The van der Waals surface area contributed by atoms with Crippen LogP contribution in [0.15, 0.2) is 35.1 Å². The van der Waals surface area contributed by atoms with Gasteiger partial charge in [-0.05, 0) is 31.5 Å². The van der Waals surface area contributed by atoms with Crippen LogP contribution in [0.1, 0.15) is 32.3 Å². The molecule has 1 aromatic carbocycles. The monoisotopic (exact) mass is 302 g/mol. The van der Waals surface area contributed by atoms with Gasteiger partial charge in [-0.15, -0.1) is 0 Å². The molecule has 0 unspecified atom stereocenters. The SMILES string of the molecule is CCCCOc1cccc(-c2cc(CO)c(=O)n(CC)n2)c1. The van der Waals surface area contributed by atoms with Crippen molar-refractivity contribution < 1.29 is 9.84 Å². The van der Waals surface area contributed by atoms with Crippen LogP contribution in [0.5, 0.6) is 5.75 Å². The molecule has 0 aliphatic carbocycles. The first-order valence-corrected chi connectivity index (χ1v) is 7.64. The molecule has 1 aromatic heterocycles. The Labute approximate surface area is 130 Å². The maximum absolute atomic E-state index is 12.0. The Morgan fingerprint density at radius 1 is 1.27 bits per heavy atom. The van der Waals surface area contributed by atoms with Crippen molar-refractivity contribution in [3.63, 3.8) is 0 Å². The van der Waals surface area contributed by atoms with E-state index in [0.29, 0.717) is 24.4 Å². The third-order valence-corrected chi connectivity index (χ3v) is 3.41. The number of benzene rings is 1. The molecule has 2 aromatic rings. The highest BCUT2D eigenvalue weighted by Gasteiger charge is 2.09. The second kappa shape index (κ2) is 7.75. The summed E-state index contributed by atoms with van der Waals surface area (Å²) < 4.78 is 7.07. The molecule has 0 aliphatic rings. The number of nitrogens with zero attached hydrogens (tertiary/aromatic N) is 2. The first-order valence-electron chi connectivity index (χ1n) is 7.64. The van der Waals surface area contributed by atoms with Gasteiger partial charge in [-0.2, -0.15) is 5.10 Å². The Morgan fingerprint density at radius 3 is 2.77 bits per heavy atom. The quantitative estimate of drug-likeness (QED) is 0.799. The highest BCUT2D eigenvalue weighted by Crippen LogP contribution is 2.22. The van der Waals surface area contributed by atoms with Crippen molar-refractivity contribution in [3.05, 3.63) is 46.2 Å². The van der Waals surface area contributed by atoms with Crippen molar-refractivity contribution in [2.24, 2.45) is 0 Å². The van der Waals surface area contributed by atoms with Crippen LogP contribution in [-0.4, -0.2) is 21.5 Å². The van der Waals surface area contributed by atoms with Crippen LogP contribution in [0.3, 0.4) is 0 Å². The van der Waals surface area contributed by atoms with Gasteiger partial charge in [-0.3, -0.25) is 4.79 Å². The van der Waals surface area contributed by atoms with Crippen molar-refractivity contribution in [1.29, 1.82) is 0 Å². The normalized spacial score (nSPS) is 10.7. The van der Waals surface area contributed by atoms with E-state index in [-0.39, 0.29) is 12.2 Å². The summed E-state index contributed by atoms with van der Waals surface area (Å²) in [6, 6.07) is 9.27. The van der Waals surface area contributed by atoms with Gasteiger partial charge in [0, 0.05) is 17.7 Å². The maximum atomic E-state index is 12.0. The number of aryl methyl sites for hydroxylation is 1. The van der Waals surface area contributed by atoms with Gasteiger partial charge in [0.05, 0.1) is 18.9 Å². The molecule has 0 bridgehead atoms. The van der Waals surface area contributed by atoms with Gasteiger partial charge in [0.1, 0.15) is 5.75 Å². The molecule has 0 radical (unpaired) electrons. The fourth-order valence-electron chi connectivity index (χ4n) is 2.15. The highest BCUT2D eigenvalue weighted by molar-refractivity contribution is 5.61. The molecule has 0 aliphatic heterocycles. The number of rotatable bonds is 7. The predicted octanol–water partition coefficient (Wildman–Crippen LogP) is 2.60. The summed E-state index contributed by atoms with van der Waals surface area (Å²) >= 11 is 0. The smallest absolute Gasteiger partial charge is 0.272 e. The number of aliphatic hydroxyl groups is 1. The Hall–Kier alpha value is -2.14. The number of aliphatic hydroxyl groups excluding tert-OH is 1. The third kappa shape index (κ3) is 3.74. The molecule has 0 saturated heterocycles. The fourth-order valence-corrected chi connectivity index (χ4v) is 2.15. The molecular formula is C17H22N2O3. The van der Waals surface area contributed by atoms with Crippen LogP contribution < -0.4 is 10.3 Å². The van der Waals surface area contributed by atoms with E-state index in [9.17, 15) is 9.90 Å². The molecule has 0 atom stereocenters. The molecule has 2 rings (SSSR count). The zero-order chi connectivity index (χ0) is 15.9. The summed E-state index contributed by atoms with van der Waals surface area (Å²) in [5.74, 6) is 0.785. The van der Waals surface area contributed by atoms with E-state index in [4.69, 9.17) is 4.74 Å². The average Bonchev–Trinajstić information content (AvgIpc) is 2.55. The molecule has 0 amide bonds. The molecule has 22 heavy (non-hydrogen) atoms. The predicted molar refractivity (Wildman–Crippen MR) is 85.9 cm³/mol. The second-order valence-electron chi connectivity index (χ2n) is 5.06. The largest absolute Gasteiger partial charge is 0.494 e. The van der Waals surface area contributed by atoms with Crippen LogP contribution in [0, 0.1) is 0 Å². The summed E-state index contributed by atoms with van der Waals surface area (Å²) in [5.41, 5.74) is 1.63. The zero-order valence-corrected chi connectivity index (χ0v) is 13.1. The van der Waals surface area contributed by atoms with Gasteiger partial charge in [0.15, 0.2) is 0 Å². The first kappa shape index (κ1) is 16.2. The van der Waals surface area contributed by atoms with E-state index in [1.165, 1.54) is 4.68 Å². The van der Waals surface area contributed by atoms with E-state index in [0.717, 1.165) is 24.2 Å². The van der Waals surface area contributed by atoms with Crippen LogP contribution >= 0.6 is 0 Å². The zero-order valence-electron chi connectivity index (χ0n) is 13.1. The molecule has 118 valence electrons. The van der Waals surface area contributed by atoms with Crippen molar-refractivity contribution >= 4 is 0 Å². The number of ether oxygens (including phenoxy) is 1. The second-order valence-corrected chi connectivity index (χ2v) is 5.06. The maximum Gasteiger partial charge on any atom is 0.272 e. The molecule has 0 saturated carbocycles. The molecule has 1 N–H and O–H groups in total. The van der Waals surface area contributed by atoms with E-state index in [2.05, 4.69) is 12.0 Å². The Balaban J connectivity index is 2.35. The minimum absolute atomic E-state index is 0.246. The number of hydrogen-bond acceptors (Lipinski definition) is 4. The lowest BCUT2D eigenvalue weighted by molar-refractivity contribution is 0.278. The Kier molecular flexibility index (Phi) is 5.72. The lowest BCUT2D eigenvalue weighted by atomic mass is 10.1. The molecule has 5 nitrogen and oxygen atoms in total.